The minimum atomic E-state index is -0.855. The highest BCUT2D eigenvalue weighted by molar-refractivity contribution is 5.84. The van der Waals surface area contributed by atoms with Gasteiger partial charge >= 0.3 is 5.97 Å². The number of aliphatic hydroxyl groups excluding tert-OH is 1. The van der Waals surface area contributed by atoms with Gasteiger partial charge in [-0.15, -0.1) is 0 Å². The fraction of sp³-hybridized carbons (Fsp3) is 0.700. The number of methoxy groups -OCH3 is 1. The minimum Gasteiger partial charge on any atom is -0.426 e. The van der Waals surface area contributed by atoms with E-state index < -0.39 is 5.79 Å². The van der Waals surface area contributed by atoms with Gasteiger partial charge in [0.05, 0.1) is 0 Å². The molecule has 1 N–H and O–H groups in total. The quantitative estimate of drug-likeness (QED) is 0.513. The normalized spacial score (nSPS) is 25.4. The molecule has 4 nitrogen and oxygen atoms in total. The summed E-state index contributed by atoms with van der Waals surface area (Å²) < 4.78 is 10.2. The second kappa shape index (κ2) is 5.12. The molecule has 0 saturated carbocycles. The molecule has 0 amide bonds. The minimum absolute atomic E-state index is 0.204. The lowest BCUT2D eigenvalue weighted by atomic mass is 10.1. The van der Waals surface area contributed by atoms with Crippen LogP contribution < -0.4 is 0 Å². The van der Waals surface area contributed by atoms with E-state index in [0.717, 1.165) is 19.3 Å². The van der Waals surface area contributed by atoms with Gasteiger partial charge in [0.25, 0.3) is 0 Å². The second-order valence-electron chi connectivity index (χ2n) is 3.30. The zero-order valence-corrected chi connectivity index (χ0v) is 8.36. The summed E-state index contributed by atoms with van der Waals surface area (Å²) in [5.41, 5.74) is 0. The Morgan fingerprint density at radius 1 is 1.50 bits per heavy atom. The van der Waals surface area contributed by atoms with Crippen molar-refractivity contribution in [1.29, 1.82) is 0 Å². The maximum atomic E-state index is 10.9. The van der Waals surface area contributed by atoms with Crippen molar-refractivity contribution in [3.63, 3.8) is 0 Å². The van der Waals surface area contributed by atoms with Crippen molar-refractivity contribution in [2.75, 3.05) is 13.7 Å². The van der Waals surface area contributed by atoms with E-state index in [4.69, 9.17) is 14.6 Å². The zero-order valence-electron chi connectivity index (χ0n) is 8.36. The largest absolute Gasteiger partial charge is 0.426 e. The van der Waals surface area contributed by atoms with Gasteiger partial charge in [-0.2, -0.15) is 0 Å². The van der Waals surface area contributed by atoms with Crippen molar-refractivity contribution in [2.45, 2.75) is 31.5 Å². The molecule has 1 rings (SSSR count). The number of hydrogen-bond acceptors (Lipinski definition) is 4. The lowest BCUT2D eigenvalue weighted by molar-refractivity contribution is -0.190. The van der Waals surface area contributed by atoms with E-state index in [9.17, 15) is 4.79 Å². The first-order chi connectivity index (χ1) is 6.72. The predicted molar refractivity (Wildman–Crippen MR) is 50.5 cm³/mol. The Kier molecular flexibility index (Phi) is 4.10. The van der Waals surface area contributed by atoms with Crippen LogP contribution >= 0.6 is 0 Å². The van der Waals surface area contributed by atoms with Crippen LogP contribution in [0.3, 0.4) is 0 Å². The summed E-state index contributed by atoms with van der Waals surface area (Å²) in [4.78, 5) is 10.9. The van der Waals surface area contributed by atoms with Crippen LogP contribution in [-0.2, 0) is 14.3 Å². The molecule has 1 aliphatic rings. The number of hydrogen-bond donors (Lipinski definition) is 1. The van der Waals surface area contributed by atoms with Crippen molar-refractivity contribution >= 4 is 5.97 Å². The summed E-state index contributed by atoms with van der Waals surface area (Å²) in [6.07, 6.45) is 6.23. The molecular formula is C10H16O4. The van der Waals surface area contributed by atoms with Gasteiger partial charge in [-0.3, -0.25) is 0 Å². The van der Waals surface area contributed by atoms with Crippen molar-refractivity contribution in [1.82, 2.24) is 0 Å². The van der Waals surface area contributed by atoms with Gasteiger partial charge in [0, 0.05) is 26.2 Å². The van der Waals surface area contributed by atoms with Gasteiger partial charge in [-0.25, -0.2) is 4.79 Å². The monoisotopic (exact) mass is 200 g/mol. The van der Waals surface area contributed by atoms with Gasteiger partial charge in [0.1, 0.15) is 0 Å². The van der Waals surface area contributed by atoms with Gasteiger partial charge in [-0.1, -0.05) is 6.42 Å². The molecule has 0 saturated heterocycles. The molecule has 0 radical (unpaired) electrons. The third kappa shape index (κ3) is 2.82. The summed E-state index contributed by atoms with van der Waals surface area (Å²) in [6, 6.07) is 0. The van der Waals surface area contributed by atoms with E-state index in [1.165, 1.54) is 13.2 Å². The van der Waals surface area contributed by atoms with E-state index in [1.807, 2.05) is 0 Å². The number of esters is 1. The van der Waals surface area contributed by atoms with E-state index >= 15 is 0 Å². The highest BCUT2D eigenvalue weighted by Gasteiger charge is 2.34. The summed E-state index contributed by atoms with van der Waals surface area (Å²) in [6.45, 7) is 0.204. The average Bonchev–Trinajstić information content (AvgIpc) is 2.56. The molecule has 4 heteroatoms. The SMILES string of the molecule is COC1(CCCCCO)C=CC(=O)O1. The molecule has 0 aromatic heterocycles. The molecule has 0 aromatic rings. The van der Waals surface area contributed by atoms with Crippen molar-refractivity contribution in [2.24, 2.45) is 0 Å². The summed E-state index contributed by atoms with van der Waals surface area (Å²) in [5, 5.41) is 8.59. The Labute approximate surface area is 83.5 Å². The Morgan fingerprint density at radius 3 is 2.79 bits per heavy atom. The number of rotatable bonds is 6. The maximum absolute atomic E-state index is 10.9. The maximum Gasteiger partial charge on any atom is 0.333 e. The molecule has 0 aromatic carbocycles. The van der Waals surface area contributed by atoms with Crippen molar-refractivity contribution in [3.05, 3.63) is 12.2 Å². The van der Waals surface area contributed by atoms with Gasteiger partial charge in [0.2, 0.25) is 5.79 Å². The molecule has 1 unspecified atom stereocenters. The molecule has 0 bridgehead atoms. The fourth-order valence-corrected chi connectivity index (χ4v) is 1.44. The van der Waals surface area contributed by atoms with Crippen LogP contribution in [-0.4, -0.2) is 30.6 Å². The van der Waals surface area contributed by atoms with Crippen LogP contribution in [0.15, 0.2) is 12.2 Å². The Balaban J connectivity index is 2.32. The molecule has 0 spiro atoms. The highest BCUT2D eigenvalue weighted by Crippen LogP contribution is 2.26. The van der Waals surface area contributed by atoms with Crippen molar-refractivity contribution < 1.29 is 19.4 Å². The molecular weight excluding hydrogens is 184 g/mol. The van der Waals surface area contributed by atoms with Crippen LogP contribution in [0.25, 0.3) is 0 Å². The lowest BCUT2D eigenvalue weighted by Crippen LogP contribution is -2.30. The fourth-order valence-electron chi connectivity index (χ4n) is 1.44. The Hall–Kier alpha value is -0.870. The van der Waals surface area contributed by atoms with Crippen molar-refractivity contribution in [3.8, 4) is 0 Å². The molecule has 1 aliphatic heterocycles. The van der Waals surface area contributed by atoms with Crippen LogP contribution in [0.4, 0.5) is 0 Å². The number of carbonyl (C=O) groups excluding carboxylic acids is 1. The number of ether oxygens (including phenoxy) is 2. The summed E-state index contributed by atoms with van der Waals surface area (Å²) in [5.74, 6) is -1.21. The molecule has 0 fully saturated rings. The Bertz CT molecular complexity index is 224. The molecule has 1 heterocycles. The number of unbranched alkanes of at least 4 members (excludes halogenated alkanes) is 2. The van der Waals surface area contributed by atoms with Crippen LogP contribution in [0, 0.1) is 0 Å². The van der Waals surface area contributed by atoms with Crippen LogP contribution in [0.1, 0.15) is 25.7 Å². The molecule has 14 heavy (non-hydrogen) atoms. The Morgan fingerprint density at radius 2 is 2.29 bits per heavy atom. The number of carbonyl (C=O) groups is 1. The summed E-state index contributed by atoms with van der Waals surface area (Å²) >= 11 is 0. The van der Waals surface area contributed by atoms with E-state index in [1.54, 1.807) is 6.08 Å². The van der Waals surface area contributed by atoms with E-state index in [-0.39, 0.29) is 12.6 Å². The van der Waals surface area contributed by atoms with E-state index in [0.29, 0.717) is 6.42 Å². The second-order valence-corrected chi connectivity index (χ2v) is 3.30. The molecule has 0 aliphatic carbocycles. The first kappa shape index (κ1) is 11.2. The van der Waals surface area contributed by atoms with Gasteiger partial charge in [0.15, 0.2) is 0 Å². The first-order valence-corrected chi connectivity index (χ1v) is 4.81. The molecule has 1 atom stereocenters. The standard InChI is InChI=1S/C10H16O4/c1-13-10(6-3-2-4-8-11)7-5-9(12)14-10/h5,7,11H,2-4,6,8H2,1H3. The van der Waals surface area contributed by atoms with Crippen LogP contribution in [0.2, 0.25) is 0 Å². The highest BCUT2D eigenvalue weighted by atomic mass is 16.7. The lowest BCUT2D eigenvalue weighted by Gasteiger charge is -2.24. The topological polar surface area (TPSA) is 55.8 Å². The smallest absolute Gasteiger partial charge is 0.333 e. The average molecular weight is 200 g/mol. The molecule has 80 valence electrons. The third-order valence-corrected chi connectivity index (χ3v) is 2.28. The van der Waals surface area contributed by atoms with Gasteiger partial charge < -0.3 is 14.6 Å². The van der Waals surface area contributed by atoms with Crippen LogP contribution in [0.5, 0.6) is 0 Å². The number of cyclic esters (lactones) is 1. The number of aliphatic hydroxyl groups is 1. The van der Waals surface area contributed by atoms with E-state index in [2.05, 4.69) is 0 Å². The zero-order chi connectivity index (χ0) is 10.4. The third-order valence-electron chi connectivity index (χ3n) is 2.28. The predicted octanol–water partition coefficient (Wildman–Crippen LogP) is 0.995. The summed E-state index contributed by atoms with van der Waals surface area (Å²) in [7, 11) is 1.52. The first-order valence-electron chi connectivity index (χ1n) is 4.81. The van der Waals surface area contributed by atoms with Gasteiger partial charge in [-0.05, 0) is 18.9 Å².